The van der Waals surface area contributed by atoms with Crippen LogP contribution in [0.25, 0.3) is 0 Å². The van der Waals surface area contributed by atoms with E-state index < -0.39 is 0 Å². The topological polar surface area (TPSA) is 77.0 Å². The molecular weight excluding hydrogens is 252 g/mol. The molecule has 7 heteroatoms. The minimum absolute atomic E-state index is 0.228. The number of amides is 1. The van der Waals surface area contributed by atoms with E-state index in [4.69, 9.17) is 4.74 Å². The van der Waals surface area contributed by atoms with Crippen LogP contribution >= 0.6 is 11.3 Å². The fourth-order valence-corrected chi connectivity index (χ4v) is 1.90. The lowest BCUT2D eigenvalue weighted by molar-refractivity contribution is 0.102. The van der Waals surface area contributed by atoms with Crippen LogP contribution in [0.3, 0.4) is 0 Å². The van der Waals surface area contributed by atoms with Crippen LogP contribution in [-0.2, 0) is 0 Å². The predicted octanol–water partition coefficient (Wildman–Crippen LogP) is 1.89. The molecule has 1 N–H and O–H groups in total. The zero-order valence-corrected chi connectivity index (χ0v) is 10.8. The van der Waals surface area contributed by atoms with Crippen molar-refractivity contribution in [3.8, 4) is 5.88 Å². The molecule has 6 nitrogen and oxygen atoms in total. The van der Waals surface area contributed by atoms with Gasteiger partial charge >= 0.3 is 0 Å². The Labute approximate surface area is 108 Å². The number of anilines is 1. The van der Waals surface area contributed by atoms with Crippen molar-refractivity contribution >= 4 is 22.4 Å². The average Bonchev–Trinajstić information content (AvgIpc) is 2.76. The molecule has 2 heterocycles. The maximum absolute atomic E-state index is 11.8. The van der Waals surface area contributed by atoms with Crippen LogP contribution < -0.4 is 10.1 Å². The highest BCUT2D eigenvalue weighted by atomic mass is 32.1. The summed E-state index contributed by atoms with van der Waals surface area (Å²) >= 11 is 1.41. The van der Waals surface area contributed by atoms with E-state index in [1.165, 1.54) is 11.3 Å². The maximum Gasteiger partial charge on any atom is 0.277 e. The fourth-order valence-electron chi connectivity index (χ4n) is 1.24. The number of rotatable bonds is 4. The third kappa shape index (κ3) is 3.01. The molecule has 18 heavy (non-hydrogen) atoms. The second kappa shape index (κ2) is 5.54. The van der Waals surface area contributed by atoms with Gasteiger partial charge in [0.1, 0.15) is 0 Å². The molecule has 1 amide bonds. The van der Waals surface area contributed by atoms with E-state index in [9.17, 15) is 4.79 Å². The highest BCUT2D eigenvalue weighted by Crippen LogP contribution is 2.17. The summed E-state index contributed by atoms with van der Waals surface area (Å²) in [4.78, 5) is 16.9. The van der Waals surface area contributed by atoms with E-state index in [0.29, 0.717) is 17.6 Å². The summed E-state index contributed by atoms with van der Waals surface area (Å²) in [6, 6.07) is 3.17. The first-order chi connectivity index (χ1) is 8.69. The van der Waals surface area contributed by atoms with Crippen LogP contribution in [0.5, 0.6) is 5.88 Å². The normalized spacial score (nSPS) is 10.1. The fraction of sp³-hybridized carbons (Fsp3) is 0.273. The van der Waals surface area contributed by atoms with Crippen LogP contribution in [-0.4, -0.2) is 27.7 Å². The number of carbonyl (C=O) groups excluding carboxylic acids is 1. The van der Waals surface area contributed by atoms with Crippen LogP contribution in [0.1, 0.15) is 22.3 Å². The molecule has 0 aliphatic rings. The molecule has 0 bridgehead atoms. The van der Waals surface area contributed by atoms with Crippen molar-refractivity contribution < 1.29 is 9.53 Å². The van der Waals surface area contributed by atoms with E-state index in [0.717, 1.165) is 4.88 Å². The number of hydrogen-bond donors (Lipinski definition) is 1. The molecule has 0 fully saturated rings. The van der Waals surface area contributed by atoms with E-state index >= 15 is 0 Å². The number of nitrogens with zero attached hydrogens (tertiary/aromatic N) is 3. The lowest BCUT2D eigenvalue weighted by Gasteiger charge is -2.02. The molecule has 0 atom stereocenters. The lowest BCUT2D eigenvalue weighted by Crippen LogP contribution is -2.14. The van der Waals surface area contributed by atoms with Gasteiger partial charge in [-0.25, -0.2) is 4.98 Å². The third-order valence-corrected chi connectivity index (χ3v) is 2.83. The second-order valence-electron chi connectivity index (χ2n) is 3.42. The molecule has 0 aliphatic heterocycles. The van der Waals surface area contributed by atoms with Crippen LogP contribution in [0.15, 0.2) is 18.3 Å². The second-order valence-corrected chi connectivity index (χ2v) is 4.65. The smallest absolute Gasteiger partial charge is 0.277 e. The van der Waals surface area contributed by atoms with Crippen molar-refractivity contribution in [3.05, 3.63) is 28.9 Å². The van der Waals surface area contributed by atoms with Gasteiger partial charge in [0.15, 0.2) is 10.8 Å². The number of ether oxygens (including phenoxy) is 1. The number of nitrogens with one attached hydrogen (secondary N) is 1. The minimum atomic E-state index is -0.333. The zero-order valence-electron chi connectivity index (χ0n) is 10.0. The Hall–Kier alpha value is -2.02. The highest BCUT2D eigenvalue weighted by Gasteiger charge is 2.10. The number of carbonyl (C=O) groups is 1. The Bertz CT molecular complexity index is 538. The van der Waals surface area contributed by atoms with Gasteiger partial charge in [0.25, 0.3) is 5.91 Å². The molecule has 0 saturated heterocycles. The molecule has 0 radical (unpaired) electrons. The van der Waals surface area contributed by atoms with Gasteiger partial charge in [-0.05, 0) is 19.9 Å². The van der Waals surface area contributed by atoms with Gasteiger partial charge in [-0.1, -0.05) is 0 Å². The number of hydrogen-bond acceptors (Lipinski definition) is 6. The van der Waals surface area contributed by atoms with E-state index in [2.05, 4.69) is 20.5 Å². The van der Waals surface area contributed by atoms with Gasteiger partial charge in [-0.3, -0.25) is 10.1 Å². The molecule has 0 spiro atoms. The third-order valence-electron chi connectivity index (χ3n) is 2.01. The first-order valence-corrected chi connectivity index (χ1v) is 6.21. The Morgan fingerprint density at radius 1 is 1.44 bits per heavy atom. The van der Waals surface area contributed by atoms with Gasteiger partial charge < -0.3 is 4.74 Å². The van der Waals surface area contributed by atoms with Crippen molar-refractivity contribution in [2.45, 2.75) is 13.8 Å². The minimum Gasteiger partial charge on any atom is -0.477 e. The van der Waals surface area contributed by atoms with Crippen molar-refractivity contribution in [3.63, 3.8) is 0 Å². The summed E-state index contributed by atoms with van der Waals surface area (Å²) in [5, 5.41) is 10.8. The van der Waals surface area contributed by atoms with Crippen LogP contribution in [0.2, 0.25) is 0 Å². The van der Waals surface area contributed by atoms with Crippen LogP contribution in [0, 0.1) is 6.92 Å². The molecule has 0 saturated carbocycles. The number of thiazole rings is 1. The molecule has 2 aromatic heterocycles. The first kappa shape index (κ1) is 12.4. The summed E-state index contributed by atoms with van der Waals surface area (Å²) in [5.74, 6) is 0.0686. The Kier molecular flexibility index (Phi) is 3.83. The zero-order chi connectivity index (χ0) is 13.0. The Morgan fingerprint density at radius 3 is 2.83 bits per heavy atom. The molecule has 94 valence electrons. The van der Waals surface area contributed by atoms with Crippen molar-refractivity contribution in [2.24, 2.45) is 0 Å². The first-order valence-electron chi connectivity index (χ1n) is 5.39. The molecular formula is C11H12N4O2S. The lowest BCUT2D eigenvalue weighted by atomic mass is 10.4. The quantitative estimate of drug-likeness (QED) is 0.912. The SMILES string of the molecule is CCOc1ccc(C(=O)Nc2ncc(C)s2)nn1. The van der Waals surface area contributed by atoms with Gasteiger partial charge in [-0.15, -0.1) is 21.5 Å². The number of aromatic nitrogens is 3. The largest absolute Gasteiger partial charge is 0.477 e. The highest BCUT2D eigenvalue weighted by molar-refractivity contribution is 7.15. The summed E-state index contributed by atoms with van der Waals surface area (Å²) < 4.78 is 5.15. The summed E-state index contributed by atoms with van der Waals surface area (Å²) in [6.07, 6.45) is 1.70. The van der Waals surface area contributed by atoms with Crippen molar-refractivity contribution in [1.29, 1.82) is 0 Å². The van der Waals surface area contributed by atoms with Gasteiger partial charge in [0, 0.05) is 17.1 Å². The molecule has 2 aromatic rings. The van der Waals surface area contributed by atoms with E-state index in [1.807, 2.05) is 13.8 Å². The van der Waals surface area contributed by atoms with E-state index in [-0.39, 0.29) is 11.6 Å². The summed E-state index contributed by atoms with van der Waals surface area (Å²) in [5.41, 5.74) is 0.228. The van der Waals surface area contributed by atoms with Gasteiger partial charge in [0.2, 0.25) is 5.88 Å². The van der Waals surface area contributed by atoms with Crippen LogP contribution in [0.4, 0.5) is 5.13 Å². The Morgan fingerprint density at radius 2 is 2.28 bits per heavy atom. The van der Waals surface area contributed by atoms with Gasteiger partial charge in [0.05, 0.1) is 6.61 Å². The van der Waals surface area contributed by atoms with E-state index in [1.54, 1.807) is 18.3 Å². The van der Waals surface area contributed by atoms with Gasteiger partial charge in [-0.2, -0.15) is 0 Å². The monoisotopic (exact) mass is 264 g/mol. The number of aryl methyl sites for hydroxylation is 1. The van der Waals surface area contributed by atoms with Crippen molar-refractivity contribution in [1.82, 2.24) is 15.2 Å². The maximum atomic E-state index is 11.8. The molecule has 0 aromatic carbocycles. The summed E-state index contributed by atoms with van der Waals surface area (Å²) in [7, 11) is 0. The standard InChI is InChI=1S/C11H12N4O2S/c1-3-17-9-5-4-8(14-15-9)10(16)13-11-12-6-7(2)18-11/h4-6H,3H2,1-2H3,(H,12,13,16). The Balaban J connectivity index is 2.04. The molecule has 0 unspecified atom stereocenters. The molecule has 0 aliphatic carbocycles. The average molecular weight is 264 g/mol. The van der Waals surface area contributed by atoms with Crippen molar-refractivity contribution in [2.75, 3.05) is 11.9 Å². The summed E-state index contributed by atoms with van der Waals surface area (Å²) in [6.45, 7) is 4.29. The molecule has 2 rings (SSSR count). The predicted molar refractivity (Wildman–Crippen MR) is 68.0 cm³/mol.